The van der Waals surface area contributed by atoms with E-state index < -0.39 is 0 Å². The number of unbranched alkanes of at least 4 members (excludes halogenated alkanes) is 1. The van der Waals surface area contributed by atoms with Gasteiger partial charge in [-0.05, 0) is 30.5 Å². The lowest BCUT2D eigenvalue weighted by atomic mass is 10.0. The van der Waals surface area contributed by atoms with E-state index in [4.69, 9.17) is 5.73 Å². The molecule has 0 aliphatic rings. The summed E-state index contributed by atoms with van der Waals surface area (Å²) in [6.45, 7) is 4.02. The van der Waals surface area contributed by atoms with Crippen LogP contribution in [-0.4, -0.2) is 11.9 Å². The minimum atomic E-state index is 0.0439. The number of nitrogens with one attached hydrogen (secondary N) is 1. The molecule has 0 aliphatic carbocycles. The zero-order valence-electron chi connectivity index (χ0n) is 11.4. The molecule has 18 heavy (non-hydrogen) atoms. The summed E-state index contributed by atoms with van der Waals surface area (Å²) >= 11 is 0. The van der Waals surface area contributed by atoms with Crippen molar-refractivity contribution in [3.8, 4) is 0 Å². The van der Waals surface area contributed by atoms with E-state index in [1.54, 1.807) is 0 Å². The molecule has 1 atom stereocenters. The van der Waals surface area contributed by atoms with Crippen LogP contribution < -0.4 is 11.1 Å². The van der Waals surface area contributed by atoms with Gasteiger partial charge >= 0.3 is 0 Å². The molecule has 0 radical (unpaired) electrons. The molecular weight excluding hydrogens is 224 g/mol. The minimum Gasteiger partial charge on any atom is -0.327 e. The molecule has 0 heterocycles. The zero-order valence-corrected chi connectivity index (χ0v) is 11.4. The molecule has 100 valence electrons. The second-order valence-corrected chi connectivity index (χ2v) is 4.71. The molecule has 3 N–H and O–H groups in total. The van der Waals surface area contributed by atoms with E-state index in [-0.39, 0.29) is 11.9 Å². The average Bonchev–Trinajstić information content (AvgIpc) is 2.38. The van der Waals surface area contributed by atoms with Gasteiger partial charge in [0.15, 0.2) is 0 Å². The van der Waals surface area contributed by atoms with Crippen molar-refractivity contribution in [2.75, 3.05) is 5.32 Å². The SMILES string of the molecule is CCCCC(N)Cc1ccc(NC(=O)CC)cc1. The molecule has 1 aromatic rings. The highest BCUT2D eigenvalue weighted by Gasteiger charge is 2.04. The van der Waals surface area contributed by atoms with Gasteiger partial charge in [0.25, 0.3) is 0 Å². The maximum absolute atomic E-state index is 11.2. The summed E-state index contributed by atoms with van der Waals surface area (Å²) in [4.78, 5) is 11.2. The lowest BCUT2D eigenvalue weighted by molar-refractivity contribution is -0.115. The quantitative estimate of drug-likeness (QED) is 0.779. The summed E-state index contributed by atoms with van der Waals surface area (Å²) in [5.41, 5.74) is 8.15. The van der Waals surface area contributed by atoms with Gasteiger partial charge in [-0.3, -0.25) is 4.79 Å². The van der Waals surface area contributed by atoms with Gasteiger partial charge in [-0.25, -0.2) is 0 Å². The van der Waals surface area contributed by atoms with Crippen molar-refractivity contribution in [3.05, 3.63) is 29.8 Å². The van der Waals surface area contributed by atoms with E-state index >= 15 is 0 Å². The van der Waals surface area contributed by atoms with E-state index in [0.717, 1.165) is 18.5 Å². The molecule has 0 aliphatic heterocycles. The number of carbonyl (C=O) groups is 1. The molecule has 0 aromatic heterocycles. The monoisotopic (exact) mass is 248 g/mol. The summed E-state index contributed by atoms with van der Waals surface area (Å²) in [6, 6.07) is 8.19. The number of amides is 1. The predicted octanol–water partition coefficient (Wildman–Crippen LogP) is 3.10. The van der Waals surface area contributed by atoms with Crippen LogP contribution in [0.25, 0.3) is 0 Å². The molecule has 3 nitrogen and oxygen atoms in total. The summed E-state index contributed by atoms with van der Waals surface area (Å²) < 4.78 is 0. The standard InChI is InChI=1S/C15H24N2O/c1-3-5-6-13(16)11-12-7-9-14(10-8-12)17-15(18)4-2/h7-10,13H,3-6,11,16H2,1-2H3,(H,17,18). The maximum Gasteiger partial charge on any atom is 0.224 e. The summed E-state index contributed by atoms with van der Waals surface area (Å²) in [5.74, 6) is 0.0439. The van der Waals surface area contributed by atoms with E-state index in [1.807, 2.05) is 31.2 Å². The third-order valence-electron chi connectivity index (χ3n) is 2.99. The van der Waals surface area contributed by atoms with Gasteiger partial charge in [-0.15, -0.1) is 0 Å². The lowest BCUT2D eigenvalue weighted by Crippen LogP contribution is -2.22. The number of carbonyl (C=O) groups excluding carboxylic acids is 1. The van der Waals surface area contributed by atoms with Crippen LogP contribution >= 0.6 is 0 Å². The predicted molar refractivity (Wildman–Crippen MR) is 76.6 cm³/mol. The molecule has 0 spiro atoms. The van der Waals surface area contributed by atoms with Crippen LogP contribution in [-0.2, 0) is 11.2 Å². The van der Waals surface area contributed by atoms with Crippen LogP contribution in [0.5, 0.6) is 0 Å². The Morgan fingerprint density at radius 1 is 1.28 bits per heavy atom. The highest BCUT2D eigenvalue weighted by Crippen LogP contribution is 2.12. The summed E-state index contributed by atoms with van der Waals surface area (Å²) in [6.07, 6.45) is 4.86. The summed E-state index contributed by atoms with van der Waals surface area (Å²) in [7, 11) is 0. The second-order valence-electron chi connectivity index (χ2n) is 4.71. The fraction of sp³-hybridized carbons (Fsp3) is 0.533. The second kappa shape index (κ2) is 7.88. The molecular formula is C15H24N2O. The van der Waals surface area contributed by atoms with E-state index in [9.17, 15) is 4.79 Å². The van der Waals surface area contributed by atoms with Crippen molar-refractivity contribution < 1.29 is 4.79 Å². The van der Waals surface area contributed by atoms with Gasteiger partial charge in [-0.2, -0.15) is 0 Å². The van der Waals surface area contributed by atoms with E-state index in [1.165, 1.54) is 18.4 Å². The van der Waals surface area contributed by atoms with Gasteiger partial charge in [0.1, 0.15) is 0 Å². The van der Waals surface area contributed by atoms with Crippen LogP contribution in [0.4, 0.5) is 5.69 Å². The van der Waals surface area contributed by atoms with Gasteiger partial charge in [-0.1, -0.05) is 38.8 Å². The summed E-state index contributed by atoms with van der Waals surface area (Å²) in [5, 5.41) is 2.84. The maximum atomic E-state index is 11.2. The number of hydrogen-bond acceptors (Lipinski definition) is 2. The molecule has 3 heteroatoms. The topological polar surface area (TPSA) is 55.1 Å². The molecule has 0 fully saturated rings. The van der Waals surface area contributed by atoms with Crippen LogP contribution in [0.2, 0.25) is 0 Å². The highest BCUT2D eigenvalue weighted by atomic mass is 16.1. The molecule has 1 aromatic carbocycles. The van der Waals surface area contributed by atoms with Crippen molar-refractivity contribution in [3.63, 3.8) is 0 Å². The number of anilines is 1. The largest absolute Gasteiger partial charge is 0.327 e. The van der Waals surface area contributed by atoms with Crippen molar-refractivity contribution in [1.29, 1.82) is 0 Å². The van der Waals surface area contributed by atoms with Crippen LogP contribution in [0.15, 0.2) is 24.3 Å². The molecule has 0 bridgehead atoms. The normalized spacial score (nSPS) is 12.2. The van der Waals surface area contributed by atoms with Crippen molar-refractivity contribution in [1.82, 2.24) is 0 Å². The fourth-order valence-electron chi connectivity index (χ4n) is 1.84. The van der Waals surface area contributed by atoms with Crippen molar-refractivity contribution in [2.24, 2.45) is 5.73 Å². The number of benzene rings is 1. The van der Waals surface area contributed by atoms with Crippen LogP contribution in [0, 0.1) is 0 Å². The van der Waals surface area contributed by atoms with Crippen LogP contribution in [0.3, 0.4) is 0 Å². The first-order valence-electron chi connectivity index (χ1n) is 6.80. The molecule has 1 amide bonds. The van der Waals surface area contributed by atoms with E-state index in [0.29, 0.717) is 6.42 Å². The first-order valence-corrected chi connectivity index (χ1v) is 6.80. The van der Waals surface area contributed by atoms with E-state index in [2.05, 4.69) is 12.2 Å². The fourth-order valence-corrected chi connectivity index (χ4v) is 1.84. The Balaban J connectivity index is 2.47. The average molecular weight is 248 g/mol. The highest BCUT2D eigenvalue weighted by molar-refractivity contribution is 5.90. The Morgan fingerprint density at radius 3 is 2.50 bits per heavy atom. The number of rotatable bonds is 7. The van der Waals surface area contributed by atoms with Gasteiger partial charge < -0.3 is 11.1 Å². The van der Waals surface area contributed by atoms with Crippen molar-refractivity contribution >= 4 is 11.6 Å². The smallest absolute Gasteiger partial charge is 0.224 e. The number of hydrogen-bond donors (Lipinski definition) is 2. The first-order chi connectivity index (χ1) is 8.65. The molecule has 0 saturated carbocycles. The lowest BCUT2D eigenvalue weighted by Gasteiger charge is -2.11. The Bertz CT molecular complexity index is 359. The zero-order chi connectivity index (χ0) is 13.4. The van der Waals surface area contributed by atoms with Crippen LogP contribution in [0.1, 0.15) is 45.1 Å². The minimum absolute atomic E-state index is 0.0439. The Hall–Kier alpha value is -1.35. The van der Waals surface area contributed by atoms with Gasteiger partial charge in [0.05, 0.1) is 0 Å². The molecule has 1 unspecified atom stereocenters. The Morgan fingerprint density at radius 2 is 1.94 bits per heavy atom. The van der Waals surface area contributed by atoms with Gasteiger partial charge in [0.2, 0.25) is 5.91 Å². The third kappa shape index (κ3) is 5.32. The van der Waals surface area contributed by atoms with Crippen molar-refractivity contribution in [2.45, 2.75) is 52.0 Å². The molecule has 1 rings (SSSR count). The third-order valence-corrected chi connectivity index (χ3v) is 2.99. The number of nitrogens with two attached hydrogens (primary N) is 1. The Kier molecular flexibility index (Phi) is 6.44. The van der Waals surface area contributed by atoms with Gasteiger partial charge in [0, 0.05) is 18.2 Å². The Labute approximate surface area is 110 Å². The molecule has 0 saturated heterocycles. The first kappa shape index (κ1) is 14.7.